The maximum atomic E-state index is 13.1. The normalized spacial score (nSPS) is 11.8. The lowest BCUT2D eigenvalue weighted by Gasteiger charge is -2.03. The summed E-state index contributed by atoms with van der Waals surface area (Å²) in [7, 11) is 0. The van der Waals surface area contributed by atoms with Gasteiger partial charge < -0.3 is 0 Å². The van der Waals surface area contributed by atoms with E-state index in [9.17, 15) is 4.79 Å². The Morgan fingerprint density at radius 2 is 2.00 bits per heavy atom. The predicted octanol–water partition coefficient (Wildman–Crippen LogP) is 4.19. The Morgan fingerprint density at radius 1 is 1.26 bits per heavy atom. The summed E-state index contributed by atoms with van der Waals surface area (Å²) in [6, 6.07) is 7.70. The smallest absolute Gasteiger partial charge is 0.268 e. The summed E-state index contributed by atoms with van der Waals surface area (Å²) >= 11 is 4.92. The van der Waals surface area contributed by atoms with E-state index < -0.39 is 0 Å². The number of aromatic nitrogens is 4. The maximum Gasteiger partial charge on any atom is 0.269 e. The van der Waals surface area contributed by atoms with Gasteiger partial charge in [-0.3, -0.25) is 4.79 Å². The molecular formula is C16H13BrN4OS. The van der Waals surface area contributed by atoms with Crippen molar-refractivity contribution in [1.29, 1.82) is 0 Å². The van der Waals surface area contributed by atoms with Gasteiger partial charge in [0.2, 0.25) is 5.78 Å². The van der Waals surface area contributed by atoms with Crippen LogP contribution in [0.1, 0.15) is 25.3 Å². The van der Waals surface area contributed by atoms with Crippen LogP contribution in [-0.2, 0) is 0 Å². The second-order valence-corrected chi connectivity index (χ2v) is 7.43. The minimum atomic E-state index is -0.0679. The third kappa shape index (κ3) is 2.22. The SMILES string of the molecule is CC(C)c1csc2nc3[nH]nc(-c4ccc(Br)cc4)n3c(=O)c12. The summed E-state index contributed by atoms with van der Waals surface area (Å²) in [5.74, 6) is 1.32. The number of rotatable bonds is 2. The monoisotopic (exact) mass is 388 g/mol. The van der Waals surface area contributed by atoms with Gasteiger partial charge in [0, 0.05) is 10.0 Å². The van der Waals surface area contributed by atoms with Gasteiger partial charge in [-0.1, -0.05) is 41.9 Å². The molecule has 0 aliphatic heterocycles. The minimum absolute atomic E-state index is 0.0679. The van der Waals surface area contributed by atoms with Crippen LogP contribution in [-0.4, -0.2) is 19.6 Å². The summed E-state index contributed by atoms with van der Waals surface area (Å²) in [6.07, 6.45) is 0. The Morgan fingerprint density at radius 3 is 2.70 bits per heavy atom. The summed E-state index contributed by atoms with van der Waals surface area (Å²) in [4.78, 5) is 18.4. The Hall–Kier alpha value is -1.99. The van der Waals surface area contributed by atoms with E-state index in [1.807, 2.05) is 29.6 Å². The lowest BCUT2D eigenvalue weighted by atomic mass is 10.0. The second kappa shape index (κ2) is 5.28. The van der Waals surface area contributed by atoms with Crippen molar-refractivity contribution in [3.05, 3.63) is 50.0 Å². The van der Waals surface area contributed by atoms with Crippen molar-refractivity contribution in [1.82, 2.24) is 19.6 Å². The largest absolute Gasteiger partial charge is 0.269 e. The van der Waals surface area contributed by atoms with E-state index in [-0.39, 0.29) is 11.5 Å². The number of hydrogen-bond acceptors (Lipinski definition) is 4. The number of nitrogens with one attached hydrogen (secondary N) is 1. The first-order valence-electron chi connectivity index (χ1n) is 7.20. The quantitative estimate of drug-likeness (QED) is 0.559. The summed E-state index contributed by atoms with van der Waals surface area (Å²) in [5.41, 5.74) is 1.84. The van der Waals surface area contributed by atoms with Crippen LogP contribution in [0, 0.1) is 0 Å². The molecule has 3 heterocycles. The molecule has 0 unspecified atom stereocenters. The molecule has 4 rings (SSSR count). The summed E-state index contributed by atoms with van der Waals surface area (Å²) in [5, 5.41) is 9.89. The first-order valence-corrected chi connectivity index (χ1v) is 8.87. The van der Waals surface area contributed by atoms with E-state index >= 15 is 0 Å². The van der Waals surface area contributed by atoms with Crippen LogP contribution in [0.5, 0.6) is 0 Å². The topological polar surface area (TPSA) is 63.1 Å². The highest BCUT2D eigenvalue weighted by Crippen LogP contribution is 2.28. The molecule has 0 saturated carbocycles. The van der Waals surface area contributed by atoms with Crippen molar-refractivity contribution in [2.45, 2.75) is 19.8 Å². The number of nitrogens with zero attached hydrogens (tertiary/aromatic N) is 3. The number of hydrogen-bond donors (Lipinski definition) is 1. The second-order valence-electron chi connectivity index (χ2n) is 5.66. The van der Waals surface area contributed by atoms with Gasteiger partial charge in [-0.2, -0.15) is 5.10 Å². The highest BCUT2D eigenvalue weighted by molar-refractivity contribution is 9.10. The standard InChI is InChI=1S/C16H13BrN4OS/c1-8(2)11-7-23-14-12(11)15(22)21-13(19-20-16(21)18-14)9-3-5-10(17)6-4-9/h3-8H,1-2H3,(H,18,20). The molecule has 0 amide bonds. The number of H-pyrrole nitrogens is 1. The number of fused-ring (bicyclic) bond motifs is 2. The molecule has 5 nitrogen and oxygen atoms in total. The Kier molecular flexibility index (Phi) is 3.35. The third-order valence-corrected chi connectivity index (χ3v) is 5.25. The van der Waals surface area contributed by atoms with E-state index in [1.165, 1.54) is 11.3 Å². The van der Waals surface area contributed by atoms with E-state index in [4.69, 9.17) is 0 Å². The molecular weight excluding hydrogens is 376 g/mol. The van der Waals surface area contributed by atoms with Crippen LogP contribution >= 0.6 is 27.3 Å². The van der Waals surface area contributed by atoms with E-state index in [0.29, 0.717) is 17.0 Å². The molecule has 1 N–H and O–H groups in total. The molecule has 1 aromatic carbocycles. The lowest BCUT2D eigenvalue weighted by molar-refractivity contribution is 0.877. The van der Waals surface area contributed by atoms with Crippen molar-refractivity contribution in [2.75, 3.05) is 0 Å². The van der Waals surface area contributed by atoms with Crippen LogP contribution in [0.25, 0.3) is 27.4 Å². The Balaban J connectivity index is 2.08. The van der Waals surface area contributed by atoms with Crippen LogP contribution in [0.15, 0.2) is 38.9 Å². The zero-order valence-electron chi connectivity index (χ0n) is 12.5. The Labute approximate surface area is 144 Å². The van der Waals surface area contributed by atoms with Crippen molar-refractivity contribution in [3.8, 4) is 11.4 Å². The van der Waals surface area contributed by atoms with Crippen LogP contribution in [0.4, 0.5) is 0 Å². The molecule has 0 bridgehead atoms. The van der Waals surface area contributed by atoms with Gasteiger partial charge in [0.25, 0.3) is 5.56 Å². The summed E-state index contributed by atoms with van der Waals surface area (Å²) < 4.78 is 2.54. The molecule has 7 heteroatoms. The number of benzene rings is 1. The van der Waals surface area contributed by atoms with E-state index in [1.54, 1.807) is 4.40 Å². The fraction of sp³-hybridized carbons (Fsp3) is 0.188. The van der Waals surface area contributed by atoms with Gasteiger partial charge in [0.15, 0.2) is 5.82 Å². The van der Waals surface area contributed by atoms with Crippen LogP contribution in [0.2, 0.25) is 0 Å². The first kappa shape index (κ1) is 14.6. The molecule has 4 aromatic rings. The van der Waals surface area contributed by atoms with Crippen molar-refractivity contribution >= 4 is 43.3 Å². The minimum Gasteiger partial charge on any atom is -0.268 e. The number of halogens is 1. The van der Waals surface area contributed by atoms with Gasteiger partial charge in [0.05, 0.1) is 5.39 Å². The molecule has 23 heavy (non-hydrogen) atoms. The fourth-order valence-electron chi connectivity index (χ4n) is 2.65. The molecule has 0 aliphatic rings. The average Bonchev–Trinajstić information content (AvgIpc) is 3.13. The molecule has 116 valence electrons. The van der Waals surface area contributed by atoms with Crippen molar-refractivity contribution in [3.63, 3.8) is 0 Å². The van der Waals surface area contributed by atoms with Gasteiger partial charge in [-0.15, -0.1) is 11.3 Å². The molecule has 3 aromatic heterocycles. The first-order chi connectivity index (χ1) is 11.1. The van der Waals surface area contributed by atoms with E-state index in [0.717, 1.165) is 20.4 Å². The Bertz CT molecular complexity index is 1080. The van der Waals surface area contributed by atoms with Crippen molar-refractivity contribution in [2.24, 2.45) is 0 Å². The van der Waals surface area contributed by atoms with Gasteiger partial charge in [-0.25, -0.2) is 14.5 Å². The average molecular weight is 389 g/mol. The van der Waals surface area contributed by atoms with Gasteiger partial charge in [0.1, 0.15) is 4.83 Å². The van der Waals surface area contributed by atoms with Crippen LogP contribution in [0.3, 0.4) is 0 Å². The molecule has 0 atom stereocenters. The maximum absolute atomic E-state index is 13.1. The van der Waals surface area contributed by atoms with Gasteiger partial charge >= 0.3 is 0 Å². The lowest BCUT2D eigenvalue weighted by Crippen LogP contribution is -2.15. The molecule has 0 saturated heterocycles. The fourth-order valence-corrected chi connectivity index (χ4v) is 4.01. The van der Waals surface area contributed by atoms with Crippen molar-refractivity contribution < 1.29 is 0 Å². The zero-order valence-corrected chi connectivity index (χ0v) is 14.9. The predicted molar refractivity (Wildman–Crippen MR) is 96.2 cm³/mol. The molecule has 0 fully saturated rings. The molecule has 0 spiro atoms. The zero-order chi connectivity index (χ0) is 16.1. The van der Waals surface area contributed by atoms with E-state index in [2.05, 4.69) is 45.0 Å². The number of aromatic amines is 1. The molecule has 0 radical (unpaired) electrons. The third-order valence-electron chi connectivity index (χ3n) is 3.83. The highest BCUT2D eigenvalue weighted by Gasteiger charge is 2.18. The number of thiophene rings is 1. The summed E-state index contributed by atoms with van der Waals surface area (Å²) in [6.45, 7) is 4.17. The van der Waals surface area contributed by atoms with Crippen LogP contribution < -0.4 is 5.56 Å². The van der Waals surface area contributed by atoms with Gasteiger partial charge in [-0.05, 0) is 29.0 Å². The highest BCUT2D eigenvalue weighted by atomic mass is 79.9. The molecule has 0 aliphatic carbocycles.